The maximum Gasteiger partial charge on any atom is 0.241 e. The standard InChI is InChI=1S/C15H23N3O2/c1-10-8-12(16)4-5-14(10)17-15(19)11(2)18-7-6-13(9-18)20-3/h4-5,8,11,13H,6-7,9,16H2,1-3H3,(H,17,19). The fourth-order valence-corrected chi connectivity index (χ4v) is 2.53. The topological polar surface area (TPSA) is 67.6 Å². The van der Waals surface area contributed by atoms with Crippen LogP contribution in [0.1, 0.15) is 18.9 Å². The first-order valence-electron chi connectivity index (χ1n) is 6.95. The van der Waals surface area contributed by atoms with Crippen molar-refractivity contribution in [3.63, 3.8) is 0 Å². The van der Waals surface area contributed by atoms with Gasteiger partial charge in [-0.2, -0.15) is 0 Å². The first-order chi connectivity index (χ1) is 9.51. The summed E-state index contributed by atoms with van der Waals surface area (Å²) >= 11 is 0. The van der Waals surface area contributed by atoms with E-state index in [1.165, 1.54) is 0 Å². The number of nitrogens with zero attached hydrogens (tertiary/aromatic N) is 1. The molecule has 5 nitrogen and oxygen atoms in total. The van der Waals surface area contributed by atoms with E-state index in [0.717, 1.165) is 30.8 Å². The van der Waals surface area contributed by atoms with Crippen molar-refractivity contribution in [1.29, 1.82) is 0 Å². The van der Waals surface area contributed by atoms with Crippen LogP contribution in [0.4, 0.5) is 11.4 Å². The van der Waals surface area contributed by atoms with E-state index < -0.39 is 0 Å². The van der Waals surface area contributed by atoms with Crippen LogP contribution in [-0.4, -0.2) is 43.2 Å². The van der Waals surface area contributed by atoms with Crippen molar-refractivity contribution in [3.05, 3.63) is 23.8 Å². The summed E-state index contributed by atoms with van der Waals surface area (Å²) in [5.41, 5.74) is 8.21. The maximum atomic E-state index is 12.3. The quantitative estimate of drug-likeness (QED) is 0.821. The van der Waals surface area contributed by atoms with Gasteiger partial charge in [-0.05, 0) is 44.0 Å². The number of rotatable bonds is 4. The fraction of sp³-hybridized carbons (Fsp3) is 0.533. The number of ether oxygens (including phenoxy) is 1. The highest BCUT2D eigenvalue weighted by atomic mass is 16.5. The summed E-state index contributed by atoms with van der Waals surface area (Å²) in [6, 6.07) is 5.34. The number of nitrogens with one attached hydrogen (secondary N) is 1. The van der Waals surface area contributed by atoms with Gasteiger partial charge in [-0.25, -0.2) is 0 Å². The number of carbonyl (C=O) groups is 1. The van der Waals surface area contributed by atoms with E-state index in [4.69, 9.17) is 10.5 Å². The summed E-state index contributed by atoms with van der Waals surface area (Å²) in [4.78, 5) is 14.5. The molecule has 2 atom stereocenters. The number of hydrogen-bond acceptors (Lipinski definition) is 4. The minimum atomic E-state index is -0.160. The Hall–Kier alpha value is -1.59. The molecule has 0 aromatic heterocycles. The molecule has 0 radical (unpaired) electrons. The Morgan fingerprint density at radius 3 is 2.90 bits per heavy atom. The zero-order chi connectivity index (χ0) is 14.7. The van der Waals surface area contributed by atoms with Crippen LogP contribution in [0.15, 0.2) is 18.2 Å². The number of nitrogen functional groups attached to an aromatic ring is 1. The Bertz CT molecular complexity index is 490. The van der Waals surface area contributed by atoms with Gasteiger partial charge in [0.25, 0.3) is 0 Å². The van der Waals surface area contributed by atoms with Gasteiger partial charge in [0.05, 0.1) is 12.1 Å². The molecule has 1 aliphatic rings. The number of carbonyl (C=O) groups excluding carboxylic acids is 1. The Morgan fingerprint density at radius 2 is 2.30 bits per heavy atom. The lowest BCUT2D eigenvalue weighted by atomic mass is 10.1. The van der Waals surface area contributed by atoms with Crippen LogP contribution >= 0.6 is 0 Å². The molecule has 1 heterocycles. The zero-order valence-corrected chi connectivity index (χ0v) is 12.3. The van der Waals surface area contributed by atoms with Crippen molar-refractivity contribution in [3.8, 4) is 0 Å². The number of aryl methyl sites for hydroxylation is 1. The van der Waals surface area contributed by atoms with Gasteiger partial charge in [-0.3, -0.25) is 9.69 Å². The monoisotopic (exact) mass is 277 g/mol. The normalized spacial score (nSPS) is 20.9. The minimum Gasteiger partial charge on any atom is -0.399 e. The predicted octanol–water partition coefficient (Wildman–Crippen LogP) is 1.62. The molecule has 1 aromatic rings. The largest absolute Gasteiger partial charge is 0.399 e. The van der Waals surface area contributed by atoms with E-state index in [-0.39, 0.29) is 18.1 Å². The highest BCUT2D eigenvalue weighted by Crippen LogP contribution is 2.20. The third-order valence-corrected chi connectivity index (χ3v) is 3.95. The Kier molecular flexibility index (Phi) is 4.62. The van der Waals surface area contributed by atoms with Gasteiger partial charge < -0.3 is 15.8 Å². The van der Waals surface area contributed by atoms with E-state index >= 15 is 0 Å². The number of likely N-dealkylation sites (tertiary alicyclic amines) is 1. The molecular formula is C15H23N3O2. The number of benzene rings is 1. The summed E-state index contributed by atoms with van der Waals surface area (Å²) < 4.78 is 5.33. The van der Waals surface area contributed by atoms with E-state index in [0.29, 0.717) is 5.69 Å². The van der Waals surface area contributed by atoms with Crippen LogP contribution in [-0.2, 0) is 9.53 Å². The number of nitrogens with two attached hydrogens (primary N) is 1. The first-order valence-corrected chi connectivity index (χ1v) is 6.95. The number of anilines is 2. The molecule has 20 heavy (non-hydrogen) atoms. The Morgan fingerprint density at radius 1 is 1.55 bits per heavy atom. The van der Waals surface area contributed by atoms with E-state index in [1.54, 1.807) is 13.2 Å². The highest BCUT2D eigenvalue weighted by Gasteiger charge is 2.29. The van der Waals surface area contributed by atoms with E-state index in [2.05, 4.69) is 10.2 Å². The van der Waals surface area contributed by atoms with Crippen LogP contribution in [0.3, 0.4) is 0 Å². The molecule has 0 aliphatic carbocycles. The van der Waals surface area contributed by atoms with Gasteiger partial charge in [0, 0.05) is 31.6 Å². The second-order valence-corrected chi connectivity index (χ2v) is 5.38. The van der Waals surface area contributed by atoms with Gasteiger partial charge in [0.1, 0.15) is 0 Å². The third-order valence-electron chi connectivity index (χ3n) is 3.95. The number of amides is 1. The second kappa shape index (κ2) is 6.24. The minimum absolute atomic E-state index is 0.00891. The van der Waals surface area contributed by atoms with Crippen molar-refractivity contribution in [2.45, 2.75) is 32.4 Å². The first kappa shape index (κ1) is 14.8. The van der Waals surface area contributed by atoms with E-state index in [9.17, 15) is 4.79 Å². The summed E-state index contributed by atoms with van der Waals surface area (Å²) in [6.45, 7) is 5.58. The van der Waals surface area contributed by atoms with Crippen LogP contribution in [0.2, 0.25) is 0 Å². The fourth-order valence-electron chi connectivity index (χ4n) is 2.53. The lowest BCUT2D eigenvalue weighted by Gasteiger charge is -2.23. The summed E-state index contributed by atoms with van der Waals surface area (Å²) in [6.07, 6.45) is 1.22. The van der Waals surface area contributed by atoms with Gasteiger partial charge in [0.2, 0.25) is 5.91 Å². The van der Waals surface area contributed by atoms with Crippen LogP contribution in [0.25, 0.3) is 0 Å². The molecule has 0 spiro atoms. The third kappa shape index (κ3) is 3.29. The van der Waals surface area contributed by atoms with Gasteiger partial charge >= 0.3 is 0 Å². The van der Waals surface area contributed by atoms with Crippen LogP contribution < -0.4 is 11.1 Å². The summed E-state index contributed by atoms with van der Waals surface area (Å²) in [5, 5.41) is 2.97. The molecule has 1 aromatic carbocycles. The molecule has 1 fully saturated rings. The number of methoxy groups -OCH3 is 1. The number of hydrogen-bond donors (Lipinski definition) is 2. The molecule has 2 rings (SSSR count). The van der Waals surface area contributed by atoms with Crippen molar-refractivity contribution in [2.75, 3.05) is 31.2 Å². The lowest BCUT2D eigenvalue weighted by Crippen LogP contribution is -2.41. The SMILES string of the molecule is COC1CCN(C(C)C(=O)Nc2ccc(N)cc2C)C1. The molecule has 1 aliphatic heterocycles. The average molecular weight is 277 g/mol. The molecule has 0 saturated carbocycles. The molecule has 2 unspecified atom stereocenters. The zero-order valence-electron chi connectivity index (χ0n) is 12.3. The van der Waals surface area contributed by atoms with Gasteiger partial charge in [-0.1, -0.05) is 0 Å². The van der Waals surface area contributed by atoms with Crippen molar-refractivity contribution in [2.24, 2.45) is 0 Å². The Balaban J connectivity index is 1.97. The van der Waals surface area contributed by atoms with Gasteiger partial charge in [-0.15, -0.1) is 0 Å². The molecule has 1 amide bonds. The molecule has 1 saturated heterocycles. The van der Waals surface area contributed by atoms with E-state index in [1.807, 2.05) is 26.0 Å². The van der Waals surface area contributed by atoms with Crippen molar-refractivity contribution < 1.29 is 9.53 Å². The van der Waals surface area contributed by atoms with Crippen molar-refractivity contribution in [1.82, 2.24) is 4.90 Å². The highest BCUT2D eigenvalue weighted by molar-refractivity contribution is 5.95. The molecule has 110 valence electrons. The maximum absolute atomic E-state index is 12.3. The molecule has 3 N–H and O–H groups in total. The summed E-state index contributed by atoms with van der Waals surface area (Å²) in [5.74, 6) is 0.00891. The molecular weight excluding hydrogens is 254 g/mol. The van der Waals surface area contributed by atoms with Crippen LogP contribution in [0, 0.1) is 6.92 Å². The van der Waals surface area contributed by atoms with Crippen molar-refractivity contribution >= 4 is 17.3 Å². The average Bonchev–Trinajstić information content (AvgIpc) is 2.89. The van der Waals surface area contributed by atoms with Gasteiger partial charge in [0.15, 0.2) is 0 Å². The predicted molar refractivity (Wildman–Crippen MR) is 80.7 cm³/mol. The van der Waals surface area contributed by atoms with Crippen LogP contribution in [0.5, 0.6) is 0 Å². The second-order valence-electron chi connectivity index (χ2n) is 5.38. The lowest BCUT2D eigenvalue weighted by molar-refractivity contribution is -0.120. The molecule has 0 bridgehead atoms. The summed E-state index contributed by atoms with van der Waals surface area (Å²) in [7, 11) is 1.72. The smallest absolute Gasteiger partial charge is 0.241 e. The Labute approximate surface area is 120 Å². The molecule has 5 heteroatoms.